The van der Waals surface area contributed by atoms with Crippen LogP contribution in [-0.2, 0) is 25.5 Å². The van der Waals surface area contributed by atoms with Crippen molar-refractivity contribution in [1.29, 1.82) is 0 Å². The molecule has 1 atom stereocenters. The lowest BCUT2D eigenvalue weighted by atomic mass is 9.99. The summed E-state index contributed by atoms with van der Waals surface area (Å²) in [5.74, 6) is -1.43. The number of hydrogen-bond acceptors (Lipinski definition) is 5. The Morgan fingerprint density at radius 3 is 2.05 bits per heavy atom. The molecule has 0 aromatic heterocycles. The van der Waals surface area contributed by atoms with Crippen LogP contribution >= 0.6 is 0 Å². The summed E-state index contributed by atoms with van der Waals surface area (Å²) < 4.78 is 15.0. The van der Waals surface area contributed by atoms with Gasteiger partial charge in [-0.05, 0) is 44.9 Å². The first-order valence-electron chi connectivity index (χ1n) is 6.70. The number of methoxy groups -OCH3 is 2. The Kier molecular flexibility index (Phi) is 5.76. The van der Waals surface area contributed by atoms with E-state index >= 15 is 0 Å². The molecule has 0 radical (unpaired) electrons. The summed E-state index contributed by atoms with van der Waals surface area (Å²) in [5.41, 5.74) is 0.181. The van der Waals surface area contributed by atoms with Crippen LogP contribution in [0.3, 0.4) is 0 Å². The molecule has 5 nitrogen and oxygen atoms in total. The van der Waals surface area contributed by atoms with Crippen LogP contribution in [0.15, 0.2) is 24.3 Å². The standard InChI is InChI=1S/C16H22O5/c1-16(2,3)21-15(18)13(14(17)20-5)10-11-6-8-12(19-4)9-7-11/h6-9,13H,10H2,1-5H3. The molecule has 1 aromatic carbocycles. The number of esters is 2. The van der Waals surface area contributed by atoms with Gasteiger partial charge in [-0.25, -0.2) is 0 Å². The fourth-order valence-electron chi connectivity index (χ4n) is 1.78. The van der Waals surface area contributed by atoms with Crippen LogP contribution in [0.5, 0.6) is 5.75 Å². The fraction of sp³-hybridized carbons (Fsp3) is 0.500. The molecule has 0 heterocycles. The Labute approximate surface area is 125 Å². The van der Waals surface area contributed by atoms with Gasteiger partial charge in [0.1, 0.15) is 11.4 Å². The molecule has 0 aliphatic heterocycles. The van der Waals surface area contributed by atoms with Crippen LogP contribution in [0.25, 0.3) is 0 Å². The second kappa shape index (κ2) is 7.11. The lowest BCUT2D eigenvalue weighted by Gasteiger charge is -2.23. The topological polar surface area (TPSA) is 61.8 Å². The monoisotopic (exact) mass is 294 g/mol. The summed E-state index contributed by atoms with van der Waals surface area (Å²) in [5, 5.41) is 0. The maximum absolute atomic E-state index is 12.1. The van der Waals surface area contributed by atoms with E-state index in [1.165, 1.54) is 7.11 Å². The van der Waals surface area contributed by atoms with Gasteiger partial charge < -0.3 is 14.2 Å². The third kappa shape index (κ3) is 5.45. The first-order valence-corrected chi connectivity index (χ1v) is 6.70. The molecule has 116 valence electrons. The van der Waals surface area contributed by atoms with E-state index in [9.17, 15) is 9.59 Å². The highest BCUT2D eigenvalue weighted by Gasteiger charge is 2.32. The Morgan fingerprint density at radius 2 is 1.62 bits per heavy atom. The molecule has 0 aliphatic carbocycles. The average Bonchev–Trinajstić information content (AvgIpc) is 2.42. The number of benzene rings is 1. The van der Waals surface area contributed by atoms with Crippen molar-refractivity contribution in [1.82, 2.24) is 0 Å². The number of rotatable bonds is 5. The molecule has 1 aromatic rings. The minimum Gasteiger partial charge on any atom is -0.497 e. The summed E-state index contributed by atoms with van der Waals surface area (Å²) in [6.07, 6.45) is 0.228. The average molecular weight is 294 g/mol. The molecule has 0 saturated heterocycles. The van der Waals surface area contributed by atoms with E-state index < -0.39 is 23.5 Å². The van der Waals surface area contributed by atoms with Gasteiger partial charge in [0.2, 0.25) is 0 Å². The van der Waals surface area contributed by atoms with Gasteiger partial charge in [0.15, 0.2) is 5.92 Å². The first kappa shape index (κ1) is 17.0. The van der Waals surface area contributed by atoms with Crippen LogP contribution in [0.1, 0.15) is 26.3 Å². The predicted molar refractivity (Wildman–Crippen MR) is 78.0 cm³/mol. The zero-order valence-corrected chi connectivity index (χ0v) is 13.1. The van der Waals surface area contributed by atoms with Crippen LogP contribution in [0.4, 0.5) is 0 Å². The first-order chi connectivity index (χ1) is 9.76. The van der Waals surface area contributed by atoms with Gasteiger partial charge >= 0.3 is 11.9 Å². The molecule has 0 aliphatic rings. The third-order valence-corrected chi connectivity index (χ3v) is 2.78. The highest BCUT2D eigenvalue weighted by atomic mass is 16.6. The van der Waals surface area contributed by atoms with Crippen molar-refractivity contribution in [2.75, 3.05) is 14.2 Å². The Hall–Kier alpha value is -2.04. The van der Waals surface area contributed by atoms with Crippen molar-refractivity contribution in [3.05, 3.63) is 29.8 Å². The van der Waals surface area contributed by atoms with E-state index in [1.807, 2.05) is 0 Å². The summed E-state index contributed by atoms with van der Waals surface area (Å²) >= 11 is 0. The van der Waals surface area contributed by atoms with Crippen LogP contribution in [0, 0.1) is 5.92 Å². The number of carbonyl (C=O) groups excluding carboxylic acids is 2. The van der Waals surface area contributed by atoms with Crippen molar-refractivity contribution in [2.24, 2.45) is 5.92 Å². The van der Waals surface area contributed by atoms with Gasteiger partial charge in [-0.15, -0.1) is 0 Å². The Balaban J connectivity index is 2.87. The van der Waals surface area contributed by atoms with Crippen LogP contribution in [0.2, 0.25) is 0 Å². The van der Waals surface area contributed by atoms with Gasteiger partial charge in [0.25, 0.3) is 0 Å². The van der Waals surface area contributed by atoms with Gasteiger partial charge in [-0.1, -0.05) is 12.1 Å². The molecule has 0 amide bonds. The van der Waals surface area contributed by atoms with Gasteiger partial charge in [-0.2, -0.15) is 0 Å². The maximum Gasteiger partial charge on any atom is 0.321 e. The zero-order chi connectivity index (χ0) is 16.0. The summed E-state index contributed by atoms with van der Waals surface area (Å²) in [6, 6.07) is 7.16. The van der Waals surface area contributed by atoms with Crippen molar-refractivity contribution in [2.45, 2.75) is 32.8 Å². The van der Waals surface area contributed by atoms with E-state index in [-0.39, 0.29) is 6.42 Å². The molecule has 0 N–H and O–H groups in total. The van der Waals surface area contributed by atoms with Crippen LogP contribution < -0.4 is 4.74 Å². The third-order valence-electron chi connectivity index (χ3n) is 2.78. The van der Waals surface area contributed by atoms with Gasteiger partial charge in [-0.3, -0.25) is 9.59 Å². The molecule has 0 spiro atoms. The summed E-state index contributed by atoms with van der Waals surface area (Å²) in [7, 11) is 2.83. The lowest BCUT2D eigenvalue weighted by Crippen LogP contribution is -2.34. The minimum atomic E-state index is -0.970. The van der Waals surface area contributed by atoms with Crippen LogP contribution in [-0.4, -0.2) is 31.8 Å². The highest BCUT2D eigenvalue weighted by molar-refractivity contribution is 5.95. The van der Waals surface area contributed by atoms with Gasteiger partial charge in [0, 0.05) is 0 Å². The summed E-state index contributed by atoms with van der Waals surface area (Å²) in [6.45, 7) is 5.27. The lowest BCUT2D eigenvalue weighted by molar-refractivity contribution is -0.168. The van der Waals surface area contributed by atoms with E-state index in [1.54, 1.807) is 52.1 Å². The zero-order valence-electron chi connectivity index (χ0n) is 13.1. The maximum atomic E-state index is 12.1. The molecule has 0 fully saturated rings. The highest BCUT2D eigenvalue weighted by Crippen LogP contribution is 2.19. The Morgan fingerprint density at radius 1 is 1.05 bits per heavy atom. The van der Waals surface area contributed by atoms with Crippen molar-refractivity contribution in [3.8, 4) is 5.75 Å². The second-order valence-corrected chi connectivity index (χ2v) is 5.66. The normalized spacial score (nSPS) is 12.4. The Bertz CT molecular complexity index is 484. The number of hydrogen-bond donors (Lipinski definition) is 0. The molecule has 21 heavy (non-hydrogen) atoms. The molecular formula is C16H22O5. The largest absolute Gasteiger partial charge is 0.497 e. The number of carbonyl (C=O) groups is 2. The van der Waals surface area contributed by atoms with Crippen molar-refractivity contribution in [3.63, 3.8) is 0 Å². The molecule has 1 rings (SSSR count). The fourth-order valence-corrected chi connectivity index (χ4v) is 1.78. The molecule has 1 unspecified atom stereocenters. The van der Waals surface area contributed by atoms with Crippen molar-refractivity contribution >= 4 is 11.9 Å². The molecule has 5 heteroatoms. The summed E-state index contributed by atoms with van der Waals surface area (Å²) in [4.78, 5) is 24.0. The smallest absolute Gasteiger partial charge is 0.321 e. The quantitative estimate of drug-likeness (QED) is 0.616. The SMILES string of the molecule is COC(=O)C(Cc1ccc(OC)cc1)C(=O)OC(C)(C)C. The molecular weight excluding hydrogens is 272 g/mol. The van der Waals surface area contributed by atoms with Gasteiger partial charge in [0.05, 0.1) is 14.2 Å². The second-order valence-electron chi connectivity index (χ2n) is 5.66. The van der Waals surface area contributed by atoms with E-state index in [0.29, 0.717) is 5.75 Å². The van der Waals surface area contributed by atoms with Crippen molar-refractivity contribution < 1.29 is 23.8 Å². The van der Waals surface area contributed by atoms with E-state index in [4.69, 9.17) is 14.2 Å². The number of ether oxygens (including phenoxy) is 3. The molecule has 0 bridgehead atoms. The van der Waals surface area contributed by atoms with E-state index in [2.05, 4.69) is 0 Å². The van der Waals surface area contributed by atoms with E-state index in [0.717, 1.165) is 5.56 Å². The molecule has 0 saturated carbocycles. The minimum absolute atomic E-state index is 0.228. The predicted octanol–water partition coefficient (Wildman–Crippen LogP) is 2.37.